The summed E-state index contributed by atoms with van der Waals surface area (Å²) in [5.74, 6) is -1.09. The van der Waals surface area contributed by atoms with Gasteiger partial charge >= 0.3 is 5.97 Å². The standard InChI is InChI=1S/C14H15FN2O2S/c1-8(13-4-3-5-20-13)17-12-6-9(14(18)19-2)11(16)7-10(12)15/h3-8,17H,16H2,1-2H3. The van der Waals surface area contributed by atoms with Crippen molar-refractivity contribution in [2.45, 2.75) is 13.0 Å². The van der Waals surface area contributed by atoms with Gasteiger partial charge in [0.25, 0.3) is 0 Å². The Bertz CT molecular complexity index is 614. The van der Waals surface area contributed by atoms with Gasteiger partial charge in [0.2, 0.25) is 0 Å². The molecule has 2 rings (SSSR count). The second kappa shape index (κ2) is 5.92. The van der Waals surface area contributed by atoms with Crippen LogP contribution in [0.3, 0.4) is 0 Å². The molecule has 1 aromatic carbocycles. The largest absolute Gasteiger partial charge is 0.465 e. The molecule has 0 spiro atoms. The van der Waals surface area contributed by atoms with Gasteiger partial charge in [0.05, 0.1) is 24.4 Å². The van der Waals surface area contributed by atoms with Crippen LogP contribution >= 0.6 is 11.3 Å². The van der Waals surface area contributed by atoms with Crippen LogP contribution in [0.5, 0.6) is 0 Å². The van der Waals surface area contributed by atoms with Crippen molar-refractivity contribution in [2.24, 2.45) is 0 Å². The molecule has 0 amide bonds. The van der Waals surface area contributed by atoms with Crippen LogP contribution in [0.25, 0.3) is 0 Å². The van der Waals surface area contributed by atoms with E-state index in [1.807, 2.05) is 24.4 Å². The lowest BCUT2D eigenvalue weighted by Crippen LogP contribution is -2.11. The molecule has 0 bridgehead atoms. The highest BCUT2D eigenvalue weighted by Gasteiger charge is 2.16. The fourth-order valence-electron chi connectivity index (χ4n) is 1.83. The summed E-state index contributed by atoms with van der Waals surface area (Å²) in [6, 6.07) is 6.31. The summed E-state index contributed by atoms with van der Waals surface area (Å²) < 4.78 is 18.5. The third kappa shape index (κ3) is 2.91. The molecule has 0 saturated heterocycles. The number of halogens is 1. The van der Waals surface area contributed by atoms with E-state index in [0.29, 0.717) is 0 Å². The quantitative estimate of drug-likeness (QED) is 0.670. The molecule has 106 valence electrons. The Kier molecular flexibility index (Phi) is 4.24. The number of nitrogen functional groups attached to an aromatic ring is 1. The number of rotatable bonds is 4. The summed E-state index contributed by atoms with van der Waals surface area (Å²) in [4.78, 5) is 12.6. The zero-order valence-electron chi connectivity index (χ0n) is 11.1. The van der Waals surface area contributed by atoms with E-state index in [9.17, 15) is 9.18 Å². The maximum Gasteiger partial charge on any atom is 0.340 e. The Balaban J connectivity index is 2.29. The molecule has 0 aliphatic rings. The summed E-state index contributed by atoms with van der Waals surface area (Å²) in [5, 5.41) is 4.98. The molecule has 2 aromatic rings. The van der Waals surface area contributed by atoms with Crippen LogP contribution in [0.15, 0.2) is 29.6 Å². The Labute approximate surface area is 120 Å². The molecule has 0 radical (unpaired) electrons. The summed E-state index contributed by atoms with van der Waals surface area (Å²) in [5.41, 5.74) is 6.06. The van der Waals surface area contributed by atoms with Gasteiger partial charge in [-0.3, -0.25) is 0 Å². The van der Waals surface area contributed by atoms with Crippen LogP contribution in [0, 0.1) is 5.82 Å². The number of ether oxygens (including phenoxy) is 1. The van der Waals surface area contributed by atoms with Crippen molar-refractivity contribution in [3.8, 4) is 0 Å². The normalized spacial score (nSPS) is 11.9. The predicted octanol–water partition coefficient (Wildman–Crippen LogP) is 3.43. The topological polar surface area (TPSA) is 64.3 Å². The molecule has 4 nitrogen and oxygen atoms in total. The Morgan fingerprint density at radius 3 is 2.85 bits per heavy atom. The van der Waals surface area contributed by atoms with Crippen molar-refractivity contribution >= 4 is 28.7 Å². The van der Waals surface area contributed by atoms with Gasteiger partial charge in [0.1, 0.15) is 5.82 Å². The summed E-state index contributed by atoms with van der Waals surface area (Å²) >= 11 is 1.57. The molecule has 1 atom stereocenters. The van der Waals surface area contributed by atoms with E-state index < -0.39 is 11.8 Å². The van der Waals surface area contributed by atoms with E-state index in [4.69, 9.17) is 5.73 Å². The number of benzene rings is 1. The molecule has 1 unspecified atom stereocenters. The minimum atomic E-state index is -0.589. The van der Waals surface area contributed by atoms with Crippen molar-refractivity contribution in [2.75, 3.05) is 18.2 Å². The van der Waals surface area contributed by atoms with Gasteiger partial charge < -0.3 is 15.8 Å². The van der Waals surface area contributed by atoms with E-state index in [1.54, 1.807) is 11.3 Å². The number of thiophene rings is 1. The number of esters is 1. The van der Waals surface area contributed by atoms with E-state index in [-0.39, 0.29) is 23.0 Å². The molecule has 0 aliphatic heterocycles. The first-order chi connectivity index (χ1) is 9.52. The monoisotopic (exact) mass is 294 g/mol. The first-order valence-corrected chi connectivity index (χ1v) is 6.88. The van der Waals surface area contributed by atoms with Crippen LogP contribution in [0.2, 0.25) is 0 Å². The van der Waals surface area contributed by atoms with Crippen molar-refractivity contribution in [3.63, 3.8) is 0 Å². The third-order valence-corrected chi connectivity index (χ3v) is 3.94. The highest BCUT2D eigenvalue weighted by Crippen LogP contribution is 2.28. The van der Waals surface area contributed by atoms with Crippen LogP contribution in [-0.4, -0.2) is 13.1 Å². The first-order valence-electron chi connectivity index (χ1n) is 6.00. The summed E-state index contributed by atoms with van der Waals surface area (Å²) in [6.45, 7) is 1.92. The van der Waals surface area contributed by atoms with Crippen LogP contribution in [-0.2, 0) is 4.74 Å². The number of hydrogen-bond acceptors (Lipinski definition) is 5. The molecule has 20 heavy (non-hydrogen) atoms. The molecule has 0 aliphatic carbocycles. The Morgan fingerprint density at radius 2 is 2.25 bits per heavy atom. The number of carbonyl (C=O) groups excluding carboxylic acids is 1. The van der Waals surface area contributed by atoms with Gasteiger partial charge in [-0.1, -0.05) is 6.07 Å². The van der Waals surface area contributed by atoms with Gasteiger partial charge in [-0.25, -0.2) is 9.18 Å². The fraction of sp³-hybridized carbons (Fsp3) is 0.214. The molecule has 0 saturated carbocycles. The summed E-state index contributed by atoms with van der Waals surface area (Å²) in [6.07, 6.45) is 0. The van der Waals surface area contributed by atoms with Gasteiger partial charge in [-0.15, -0.1) is 11.3 Å². The molecular weight excluding hydrogens is 279 g/mol. The molecule has 0 fully saturated rings. The maximum absolute atomic E-state index is 13.9. The predicted molar refractivity (Wildman–Crippen MR) is 78.5 cm³/mol. The summed E-state index contributed by atoms with van der Waals surface area (Å²) in [7, 11) is 1.26. The van der Waals surface area contributed by atoms with Crippen LogP contribution in [0.4, 0.5) is 15.8 Å². The molecule has 1 heterocycles. The number of anilines is 2. The first kappa shape index (κ1) is 14.3. The van der Waals surface area contributed by atoms with E-state index in [0.717, 1.165) is 10.9 Å². The fourth-order valence-corrected chi connectivity index (χ4v) is 2.56. The lowest BCUT2D eigenvalue weighted by Gasteiger charge is -2.16. The minimum absolute atomic E-state index is 0.0590. The Hall–Kier alpha value is -2.08. The smallest absolute Gasteiger partial charge is 0.340 e. The molecule has 3 N–H and O–H groups in total. The van der Waals surface area contributed by atoms with Gasteiger partial charge in [0.15, 0.2) is 0 Å². The average Bonchev–Trinajstić information content (AvgIpc) is 2.95. The van der Waals surface area contributed by atoms with Gasteiger partial charge in [-0.2, -0.15) is 0 Å². The minimum Gasteiger partial charge on any atom is -0.465 e. The zero-order valence-corrected chi connectivity index (χ0v) is 12.0. The number of nitrogens with two attached hydrogens (primary N) is 1. The van der Waals surface area contributed by atoms with Crippen LogP contribution in [0.1, 0.15) is 28.2 Å². The lowest BCUT2D eigenvalue weighted by molar-refractivity contribution is 0.0602. The maximum atomic E-state index is 13.9. The number of nitrogens with one attached hydrogen (secondary N) is 1. The van der Waals surface area contributed by atoms with Gasteiger partial charge in [0, 0.05) is 10.6 Å². The van der Waals surface area contributed by atoms with Crippen molar-refractivity contribution in [3.05, 3.63) is 45.9 Å². The van der Waals surface area contributed by atoms with Crippen molar-refractivity contribution in [1.82, 2.24) is 0 Å². The molecule has 6 heteroatoms. The van der Waals surface area contributed by atoms with E-state index in [1.165, 1.54) is 13.2 Å². The van der Waals surface area contributed by atoms with Crippen LogP contribution < -0.4 is 11.1 Å². The van der Waals surface area contributed by atoms with E-state index in [2.05, 4.69) is 10.1 Å². The zero-order chi connectivity index (χ0) is 14.7. The van der Waals surface area contributed by atoms with Crippen molar-refractivity contribution < 1.29 is 13.9 Å². The second-order valence-corrected chi connectivity index (χ2v) is 5.27. The van der Waals surface area contributed by atoms with E-state index >= 15 is 0 Å². The number of carbonyl (C=O) groups is 1. The highest BCUT2D eigenvalue weighted by molar-refractivity contribution is 7.10. The number of hydrogen-bond donors (Lipinski definition) is 2. The Morgan fingerprint density at radius 1 is 1.50 bits per heavy atom. The lowest BCUT2D eigenvalue weighted by atomic mass is 10.1. The SMILES string of the molecule is COC(=O)c1cc(NC(C)c2cccs2)c(F)cc1N. The van der Waals surface area contributed by atoms with Crippen molar-refractivity contribution in [1.29, 1.82) is 0 Å². The highest BCUT2D eigenvalue weighted by atomic mass is 32.1. The second-order valence-electron chi connectivity index (χ2n) is 4.29. The average molecular weight is 294 g/mol. The van der Waals surface area contributed by atoms with Gasteiger partial charge in [-0.05, 0) is 30.5 Å². The third-order valence-electron chi connectivity index (χ3n) is 2.89. The molecular formula is C14H15FN2O2S. The molecule has 1 aromatic heterocycles. The number of methoxy groups -OCH3 is 1.